The first-order valence-corrected chi connectivity index (χ1v) is 7.68. The van der Waals surface area contributed by atoms with Gasteiger partial charge in [-0.25, -0.2) is 0 Å². The average Bonchev–Trinajstić information content (AvgIpc) is 2.39. The number of likely N-dealkylation sites (tertiary alicyclic amines) is 1. The quantitative estimate of drug-likeness (QED) is 0.862. The lowest BCUT2D eigenvalue weighted by Crippen LogP contribution is -2.50. The van der Waals surface area contributed by atoms with Gasteiger partial charge in [0.25, 0.3) is 0 Å². The third-order valence-electron chi connectivity index (χ3n) is 3.46. The summed E-state index contributed by atoms with van der Waals surface area (Å²) in [5.41, 5.74) is -0.0839. The van der Waals surface area contributed by atoms with E-state index in [-0.39, 0.29) is 29.3 Å². The zero-order valence-electron chi connectivity index (χ0n) is 13.7. The Morgan fingerprint density at radius 3 is 2.40 bits per heavy atom. The molecule has 1 heterocycles. The lowest BCUT2D eigenvalue weighted by molar-refractivity contribution is -0.136. The number of hydrogen-bond acceptors (Lipinski definition) is 2. The van der Waals surface area contributed by atoms with Crippen LogP contribution < -0.4 is 5.32 Å². The van der Waals surface area contributed by atoms with Gasteiger partial charge in [-0.05, 0) is 38.5 Å². The number of carbonyl (C=O) groups excluding carboxylic acids is 2. The molecule has 116 valence electrons. The van der Waals surface area contributed by atoms with E-state index in [1.54, 1.807) is 4.90 Å². The van der Waals surface area contributed by atoms with Crippen LogP contribution in [-0.2, 0) is 9.59 Å². The highest BCUT2D eigenvalue weighted by Crippen LogP contribution is 2.26. The molecule has 0 atom stereocenters. The van der Waals surface area contributed by atoms with Gasteiger partial charge in [0.15, 0.2) is 0 Å². The lowest BCUT2D eigenvalue weighted by atomic mass is 9.82. The third kappa shape index (κ3) is 6.40. The highest BCUT2D eigenvalue weighted by Gasteiger charge is 2.28. The van der Waals surface area contributed by atoms with Crippen LogP contribution in [0.3, 0.4) is 0 Å². The summed E-state index contributed by atoms with van der Waals surface area (Å²) in [6, 6.07) is 0. The summed E-state index contributed by atoms with van der Waals surface area (Å²) in [7, 11) is 0. The molecule has 0 aliphatic carbocycles. The number of nitrogens with one attached hydrogen (secondary N) is 1. The Labute approximate surface area is 123 Å². The smallest absolute Gasteiger partial charge is 0.240 e. The van der Waals surface area contributed by atoms with Crippen molar-refractivity contribution in [2.45, 2.75) is 72.3 Å². The summed E-state index contributed by atoms with van der Waals surface area (Å²) < 4.78 is 0. The van der Waals surface area contributed by atoms with Gasteiger partial charge in [-0.3, -0.25) is 9.59 Å². The number of amides is 2. The molecule has 1 fully saturated rings. The minimum absolute atomic E-state index is 0.0468. The molecule has 4 heteroatoms. The minimum atomic E-state index is -0.246. The van der Waals surface area contributed by atoms with Gasteiger partial charge in [0, 0.05) is 18.5 Å². The monoisotopic (exact) mass is 282 g/mol. The van der Waals surface area contributed by atoms with Crippen LogP contribution >= 0.6 is 0 Å². The summed E-state index contributed by atoms with van der Waals surface area (Å²) in [5, 5.41) is 3.07. The Kier molecular flexibility index (Phi) is 5.60. The van der Waals surface area contributed by atoms with Crippen molar-refractivity contribution in [3.8, 4) is 0 Å². The first-order chi connectivity index (χ1) is 9.09. The topological polar surface area (TPSA) is 49.4 Å². The van der Waals surface area contributed by atoms with Crippen LogP contribution in [0, 0.1) is 5.41 Å². The standard InChI is InChI=1S/C16H30N2O2/c1-15(2,3)12-16(4,5)17-13(19)11-18-10-8-6-7-9-14(18)20/h6-12H2,1-5H3,(H,17,19). The largest absolute Gasteiger partial charge is 0.350 e. The van der Waals surface area contributed by atoms with Gasteiger partial charge in [-0.15, -0.1) is 0 Å². The highest BCUT2D eigenvalue weighted by molar-refractivity contribution is 5.85. The van der Waals surface area contributed by atoms with Crippen LogP contribution in [0.1, 0.15) is 66.7 Å². The van der Waals surface area contributed by atoms with Crippen LogP contribution in [0.25, 0.3) is 0 Å². The van der Waals surface area contributed by atoms with Crippen LogP contribution in [0.5, 0.6) is 0 Å². The Bertz CT molecular complexity index is 356. The Balaban J connectivity index is 2.51. The molecule has 20 heavy (non-hydrogen) atoms. The number of rotatable bonds is 4. The molecule has 1 rings (SSSR count). The molecule has 0 spiro atoms. The molecule has 1 aliphatic rings. The fraction of sp³-hybridized carbons (Fsp3) is 0.875. The van der Waals surface area contributed by atoms with Crippen molar-refractivity contribution in [3.63, 3.8) is 0 Å². The van der Waals surface area contributed by atoms with E-state index >= 15 is 0 Å². The van der Waals surface area contributed by atoms with E-state index in [0.717, 1.165) is 25.7 Å². The predicted octanol–water partition coefficient (Wildman–Crippen LogP) is 2.72. The lowest BCUT2D eigenvalue weighted by Gasteiger charge is -2.34. The minimum Gasteiger partial charge on any atom is -0.350 e. The fourth-order valence-electron chi connectivity index (χ4n) is 3.17. The van der Waals surface area contributed by atoms with Gasteiger partial charge in [0.1, 0.15) is 0 Å². The van der Waals surface area contributed by atoms with Crippen molar-refractivity contribution in [3.05, 3.63) is 0 Å². The second kappa shape index (κ2) is 6.59. The molecule has 0 unspecified atom stereocenters. The molecule has 0 radical (unpaired) electrons. The normalized spacial score (nSPS) is 17.9. The molecule has 2 amide bonds. The third-order valence-corrected chi connectivity index (χ3v) is 3.46. The molecule has 0 saturated carbocycles. The number of hydrogen-bond donors (Lipinski definition) is 1. The SMILES string of the molecule is CC(C)(C)CC(C)(C)NC(=O)CN1CCCCCC1=O. The van der Waals surface area contributed by atoms with E-state index in [9.17, 15) is 9.59 Å². The summed E-state index contributed by atoms with van der Waals surface area (Å²) in [4.78, 5) is 25.8. The van der Waals surface area contributed by atoms with Gasteiger partial charge < -0.3 is 10.2 Å². The molecular weight excluding hydrogens is 252 g/mol. The van der Waals surface area contributed by atoms with E-state index in [1.807, 2.05) is 13.8 Å². The van der Waals surface area contributed by atoms with Crippen molar-refractivity contribution in [1.29, 1.82) is 0 Å². The Morgan fingerprint density at radius 1 is 1.15 bits per heavy atom. The molecule has 4 nitrogen and oxygen atoms in total. The van der Waals surface area contributed by atoms with Crippen molar-refractivity contribution in [2.24, 2.45) is 5.41 Å². The molecule has 0 aromatic heterocycles. The maximum atomic E-state index is 12.2. The zero-order chi connectivity index (χ0) is 15.4. The maximum absolute atomic E-state index is 12.2. The predicted molar refractivity (Wildman–Crippen MR) is 81.3 cm³/mol. The Hall–Kier alpha value is -1.06. The second-order valence-electron chi connectivity index (χ2n) is 7.80. The van der Waals surface area contributed by atoms with Crippen molar-refractivity contribution < 1.29 is 9.59 Å². The van der Waals surface area contributed by atoms with E-state index in [4.69, 9.17) is 0 Å². The molecule has 1 saturated heterocycles. The molecule has 0 aromatic carbocycles. The van der Waals surface area contributed by atoms with Crippen molar-refractivity contribution in [1.82, 2.24) is 10.2 Å². The summed E-state index contributed by atoms with van der Waals surface area (Å²) in [6.45, 7) is 11.5. The number of carbonyl (C=O) groups is 2. The maximum Gasteiger partial charge on any atom is 0.240 e. The van der Waals surface area contributed by atoms with Gasteiger partial charge in [0.05, 0.1) is 6.54 Å². The average molecular weight is 282 g/mol. The van der Waals surface area contributed by atoms with Crippen LogP contribution in [-0.4, -0.2) is 35.3 Å². The Morgan fingerprint density at radius 2 is 1.80 bits per heavy atom. The zero-order valence-corrected chi connectivity index (χ0v) is 13.7. The van der Waals surface area contributed by atoms with E-state index in [2.05, 4.69) is 26.1 Å². The first-order valence-electron chi connectivity index (χ1n) is 7.68. The van der Waals surface area contributed by atoms with Crippen molar-refractivity contribution in [2.75, 3.05) is 13.1 Å². The van der Waals surface area contributed by atoms with E-state index in [0.29, 0.717) is 13.0 Å². The van der Waals surface area contributed by atoms with Gasteiger partial charge in [0.2, 0.25) is 11.8 Å². The molecular formula is C16H30N2O2. The molecule has 0 bridgehead atoms. The first kappa shape index (κ1) is 17.0. The van der Waals surface area contributed by atoms with Crippen molar-refractivity contribution >= 4 is 11.8 Å². The summed E-state index contributed by atoms with van der Waals surface area (Å²) >= 11 is 0. The highest BCUT2D eigenvalue weighted by atomic mass is 16.2. The van der Waals surface area contributed by atoms with Gasteiger partial charge in [-0.1, -0.05) is 27.2 Å². The molecule has 1 aliphatic heterocycles. The summed E-state index contributed by atoms with van der Waals surface area (Å²) in [6.07, 6.45) is 4.52. The van der Waals surface area contributed by atoms with Gasteiger partial charge in [-0.2, -0.15) is 0 Å². The number of nitrogens with zero attached hydrogens (tertiary/aromatic N) is 1. The van der Waals surface area contributed by atoms with Gasteiger partial charge >= 0.3 is 0 Å². The van der Waals surface area contributed by atoms with E-state index < -0.39 is 0 Å². The van der Waals surface area contributed by atoms with Crippen LogP contribution in [0.2, 0.25) is 0 Å². The van der Waals surface area contributed by atoms with Crippen LogP contribution in [0.4, 0.5) is 0 Å². The van der Waals surface area contributed by atoms with E-state index in [1.165, 1.54) is 0 Å². The van der Waals surface area contributed by atoms with Crippen LogP contribution in [0.15, 0.2) is 0 Å². The summed E-state index contributed by atoms with van der Waals surface area (Å²) in [5.74, 6) is 0.0702. The molecule has 1 N–H and O–H groups in total. The molecule has 0 aromatic rings. The second-order valence-corrected chi connectivity index (χ2v) is 7.80. The fourth-order valence-corrected chi connectivity index (χ4v) is 3.17.